The summed E-state index contributed by atoms with van der Waals surface area (Å²) in [5.41, 5.74) is 0. The van der Waals surface area contributed by atoms with Gasteiger partial charge in [0.15, 0.2) is 0 Å². The van der Waals surface area contributed by atoms with Crippen LogP contribution < -0.4 is 10.6 Å². The fourth-order valence-electron chi connectivity index (χ4n) is 2.67. The molecule has 1 aliphatic heterocycles. The monoisotopic (exact) mass is 265 g/mol. The molecule has 0 aromatic carbocycles. The molecule has 2 N–H and O–H groups in total. The zero-order valence-electron chi connectivity index (χ0n) is 11.8. The Labute approximate surface area is 114 Å². The van der Waals surface area contributed by atoms with Gasteiger partial charge in [-0.1, -0.05) is 0 Å². The minimum Gasteiger partial charge on any atom is -0.467 e. The van der Waals surface area contributed by atoms with Gasteiger partial charge in [-0.2, -0.15) is 0 Å². The van der Waals surface area contributed by atoms with E-state index in [-0.39, 0.29) is 11.9 Å². The normalized spacial score (nSPS) is 26.1. The molecule has 3 atom stereocenters. The number of rotatable bonds is 4. The van der Waals surface area contributed by atoms with Crippen molar-refractivity contribution in [3.05, 3.63) is 24.2 Å². The van der Waals surface area contributed by atoms with Crippen LogP contribution in [-0.4, -0.2) is 42.5 Å². The van der Waals surface area contributed by atoms with E-state index in [0.29, 0.717) is 18.6 Å². The van der Waals surface area contributed by atoms with Crippen LogP contribution in [0, 0.1) is 0 Å². The topological polar surface area (TPSA) is 57.5 Å². The van der Waals surface area contributed by atoms with Crippen LogP contribution >= 0.6 is 0 Å². The summed E-state index contributed by atoms with van der Waals surface area (Å²) in [5.74, 6) is 0.834. The van der Waals surface area contributed by atoms with Gasteiger partial charge in [0.1, 0.15) is 5.76 Å². The third kappa shape index (κ3) is 4.08. The molecule has 0 radical (unpaired) electrons. The van der Waals surface area contributed by atoms with E-state index < -0.39 is 0 Å². The molecule has 5 heteroatoms. The van der Waals surface area contributed by atoms with E-state index in [9.17, 15) is 4.79 Å². The fraction of sp³-hybridized carbons (Fsp3) is 0.643. The number of carbonyl (C=O) groups is 1. The summed E-state index contributed by atoms with van der Waals surface area (Å²) in [6.07, 6.45) is 1.62. The third-order valence-electron chi connectivity index (χ3n) is 3.35. The van der Waals surface area contributed by atoms with Crippen LogP contribution in [-0.2, 0) is 4.79 Å². The van der Waals surface area contributed by atoms with Crippen LogP contribution in [0.5, 0.6) is 0 Å². The lowest BCUT2D eigenvalue weighted by molar-refractivity contribution is -0.123. The molecule has 1 aromatic rings. The number of amides is 1. The number of piperazine rings is 1. The Balaban J connectivity index is 1.81. The molecule has 0 aliphatic carbocycles. The summed E-state index contributed by atoms with van der Waals surface area (Å²) in [6.45, 7) is 8.49. The Kier molecular flexibility index (Phi) is 4.61. The first kappa shape index (κ1) is 14.1. The summed E-state index contributed by atoms with van der Waals surface area (Å²) >= 11 is 0. The van der Waals surface area contributed by atoms with Crippen molar-refractivity contribution in [1.29, 1.82) is 0 Å². The minimum atomic E-state index is -0.0831. The Bertz CT molecular complexity index is 395. The Morgan fingerprint density at radius 3 is 2.79 bits per heavy atom. The van der Waals surface area contributed by atoms with Crippen LogP contribution in [0.15, 0.2) is 22.8 Å². The molecule has 0 saturated carbocycles. The molecule has 3 unspecified atom stereocenters. The molecule has 5 nitrogen and oxygen atoms in total. The van der Waals surface area contributed by atoms with Crippen LogP contribution in [0.2, 0.25) is 0 Å². The zero-order chi connectivity index (χ0) is 13.8. The molecule has 1 saturated heterocycles. The Morgan fingerprint density at radius 1 is 1.53 bits per heavy atom. The molecular weight excluding hydrogens is 242 g/mol. The molecule has 1 aromatic heterocycles. The van der Waals surface area contributed by atoms with E-state index in [4.69, 9.17) is 4.42 Å². The maximum Gasteiger partial charge on any atom is 0.234 e. The van der Waals surface area contributed by atoms with Gasteiger partial charge in [-0.15, -0.1) is 0 Å². The number of hydrogen-bond donors (Lipinski definition) is 2. The van der Waals surface area contributed by atoms with Crippen molar-refractivity contribution in [3.63, 3.8) is 0 Å². The van der Waals surface area contributed by atoms with E-state index in [0.717, 1.165) is 18.8 Å². The van der Waals surface area contributed by atoms with Gasteiger partial charge in [-0.25, -0.2) is 0 Å². The average Bonchev–Trinajstić information content (AvgIpc) is 2.80. The van der Waals surface area contributed by atoms with Crippen molar-refractivity contribution in [1.82, 2.24) is 15.5 Å². The first-order chi connectivity index (χ1) is 9.04. The lowest BCUT2D eigenvalue weighted by atomic mass is 10.1. The lowest BCUT2D eigenvalue weighted by Crippen LogP contribution is -2.56. The number of nitrogens with one attached hydrogen (secondary N) is 2. The smallest absolute Gasteiger partial charge is 0.234 e. The van der Waals surface area contributed by atoms with E-state index in [1.807, 2.05) is 19.1 Å². The van der Waals surface area contributed by atoms with Crippen molar-refractivity contribution in [2.45, 2.75) is 38.9 Å². The molecule has 0 spiro atoms. The second kappa shape index (κ2) is 6.21. The van der Waals surface area contributed by atoms with Gasteiger partial charge >= 0.3 is 0 Å². The summed E-state index contributed by atoms with van der Waals surface area (Å²) in [5, 5.41) is 6.42. The molecule has 1 amide bonds. The van der Waals surface area contributed by atoms with Crippen molar-refractivity contribution in [2.75, 3.05) is 19.6 Å². The van der Waals surface area contributed by atoms with Crippen LogP contribution in [0.25, 0.3) is 0 Å². The van der Waals surface area contributed by atoms with Crippen molar-refractivity contribution < 1.29 is 9.21 Å². The van der Waals surface area contributed by atoms with E-state index in [1.165, 1.54) is 0 Å². The number of furan rings is 1. The third-order valence-corrected chi connectivity index (χ3v) is 3.35. The predicted molar refractivity (Wildman–Crippen MR) is 73.8 cm³/mol. The number of hydrogen-bond acceptors (Lipinski definition) is 4. The SMILES string of the molecule is CC1CN(CC(=O)NC(C)c2ccco2)CC(C)N1. The van der Waals surface area contributed by atoms with Crippen LogP contribution in [0.1, 0.15) is 32.6 Å². The molecule has 106 valence electrons. The average molecular weight is 265 g/mol. The zero-order valence-corrected chi connectivity index (χ0v) is 11.8. The van der Waals surface area contributed by atoms with Crippen LogP contribution in [0.3, 0.4) is 0 Å². The maximum absolute atomic E-state index is 12.0. The van der Waals surface area contributed by atoms with Gasteiger partial charge in [0.2, 0.25) is 5.91 Å². The summed E-state index contributed by atoms with van der Waals surface area (Å²) < 4.78 is 5.28. The minimum absolute atomic E-state index is 0.0465. The lowest BCUT2D eigenvalue weighted by Gasteiger charge is -2.35. The second-order valence-electron chi connectivity index (χ2n) is 5.47. The Morgan fingerprint density at radius 2 is 2.21 bits per heavy atom. The highest BCUT2D eigenvalue weighted by Gasteiger charge is 2.23. The van der Waals surface area contributed by atoms with Gasteiger partial charge in [-0.3, -0.25) is 9.69 Å². The predicted octanol–water partition coefficient (Wildman–Crippen LogP) is 1.14. The highest BCUT2D eigenvalue weighted by atomic mass is 16.3. The number of carbonyl (C=O) groups excluding carboxylic acids is 1. The molecule has 2 rings (SSSR count). The molecule has 19 heavy (non-hydrogen) atoms. The van der Waals surface area contributed by atoms with Gasteiger partial charge in [0.25, 0.3) is 0 Å². The molecular formula is C14H23N3O2. The van der Waals surface area contributed by atoms with E-state index >= 15 is 0 Å². The highest BCUT2D eigenvalue weighted by Crippen LogP contribution is 2.12. The summed E-state index contributed by atoms with van der Waals surface area (Å²) in [4.78, 5) is 14.2. The first-order valence-corrected chi connectivity index (χ1v) is 6.85. The first-order valence-electron chi connectivity index (χ1n) is 6.85. The maximum atomic E-state index is 12.0. The van der Waals surface area contributed by atoms with Crippen molar-refractivity contribution >= 4 is 5.91 Å². The summed E-state index contributed by atoms with van der Waals surface area (Å²) in [6, 6.07) is 4.48. The molecule has 0 bridgehead atoms. The molecule has 1 fully saturated rings. The van der Waals surface area contributed by atoms with Gasteiger partial charge in [-0.05, 0) is 32.9 Å². The standard InChI is InChI=1S/C14H23N3O2/c1-10-7-17(8-11(2)15-10)9-14(18)16-12(3)13-5-4-6-19-13/h4-6,10-12,15H,7-9H2,1-3H3,(H,16,18). The van der Waals surface area contributed by atoms with Gasteiger partial charge in [0.05, 0.1) is 18.8 Å². The van der Waals surface area contributed by atoms with E-state index in [2.05, 4.69) is 29.4 Å². The highest BCUT2D eigenvalue weighted by molar-refractivity contribution is 5.78. The van der Waals surface area contributed by atoms with E-state index in [1.54, 1.807) is 6.26 Å². The molecule has 2 heterocycles. The second-order valence-corrected chi connectivity index (χ2v) is 5.47. The van der Waals surface area contributed by atoms with Crippen molar-refractivity contribution in [2.24, 2.45) is 0 Å². The van der Waals surface area contributed by atoms with Crippen LogP contribution in [0.4, 0.5) is 0 Å². The summed E-state index contributed by atoms with van der Waals surface area (Å²) in [7, 11) is 0. The van der Waals surface area contributed by atoms with Gasteiger partial charge in [0, 0.05) is 25.2 Å². The number of nitrogens with zero attached hydrogens (tertiary/aromatic N) is 1. The fourth-order valence-corrected chi connectivity index (χ4v) is 2.67. The molecule has 1 aliphatic rings. The largest absolute Gasteiger partial charge is 0.467 e. The van der Waals surface area contributed by atoms with Crippen molar-refractivity contribution in [3.8, 4) is 0 Å². The van der Waals surface area contributed by atoms with Gasteiger partial charge < -0.3 is 15.1 Å². The Hall–Kier alpha value is -1.33. The quantitative estimate of drug-likeness (QED) is 0.857.